The van der Waals surface area contributed by atoms with Gasteiger partial charge in [0.1, 0.15) is 5.78 Å². The van der Waals surface area contributed by atoms with E-state index in [9.17, 15) is 4.79 Å². The number of aliphatic hydroxyl groups is 2. The van der Waals surface area contributed by atoms with Gasteiger partial charge in [0.05, 0.1) is 32.3 Å². The molecule has 88 valence electrons. The van der Waals surface area contributed by atoms with Crippen LogP contribution in [0.15, 0.2) is 0 Å². The maximum Gasteiger partial charge on any atom is 0.141 e. The highest BCUT2D eigenvalue weighted by molar-refractivity contribution is 5.82. The van der Waals surface area contributed by atoms with Crippen molar-refractivity contribution < 1.29 is 19.7 Å². The summed E-state index contributed by atoms with van der Waals surface area (Å²) in [5.41, 5.74) is 0. The van der Waals surface area contributed by atoms with Crippen LogP contribution >= 0.6 is 0 Å². The second-order valence-electron chi connectivity index (χ2n) is 3.74. The first-order valence-electron chi connectivity index (χ1n) is 5.32. The molecule has 1 saturated heterocycles. The van der Waals surface area contributed by atoms with E-state index < -0.39 is 0 Å². The van der Waals surface area contributed by atoms with E-state index in [0.29, 0.717) is 39.3 Å². The minimum atomic E-state index is -0.100. The minimum absolute atomic E-state index is 0.0434. The normalized spacial score (nSPS) is 22.3. The molecule has 0 saturated carbocycles. The number of hydrogen-bond donors (Lipinski definition) is 2. The Morgan fingerprint density at radius 1 is 1.33 bits per heavy atom. The van der Waals surface area contributed by atoms with Gasteiger partial charge in [-0.25, -0.2) is 0 Å². The van der Waals surface area contributed by atoms with Crippen molar-refractivity contribution in [3.63, 3.8) is 0 Å². The zero-order valence-electron chi connectivity index (χ0n) is 8.89. The average Bonchev–Trinajstić information content (AvgIpc) is 2.22. The smallest absolute Gasteiger partial charge is 0.141 e. The summed E-state index contributed by atoms with van der Waals surface area (Å²) in [4.78, 5) is 13.4. The van der Waals surface area contributed by atoms with Crippen molar-refractivity contribution >= 4 is 5.78 Å². The summed E-state index contributed by atoms with van der Waals surface area (Å²) >= 11 is 0. The number of ether oxygens (including phenoxy) is 1. The number of carbonyl (C=O) groups is 1. The van der Waals surface area contributed by atoms with Gasteiger partial charge in [-0.2, -0.15) is 0 Å². The predicted octanol–water partition coefficient (Wildman–Crippen LogP) is -1.12. The van der Waals surface area contributed by atoms with Gasteiger partial charge >= 0.3 is 0 Å². The summed E-state index contributed by atoms with van der Waals surface area (Å²) in [6.07, 6.45) is 0.483. The summed E-state index contributed by atoms with van der Waals surface area (Å²) < 4.78 is 5.24. The van der Waals surface area contributed by atoms with Crippen LogP contribution in [0.25, 0.3) is 0 Å². The molecule has 1 heterocycles. The third-order valence-electron chi connectivity index (χ3n) is 2.58. The van der Waals surface area contributed by atoms with Crippen LogP contribution in [-0.2, 0) is 9.53 Å². The first-order chi connectivity index (χ1) is 7.27. The van der Waals surface area contributed by atoms with Gasteiger partial charge in [-0.05, 0) is 0 Å². The molecule has 0 aromatic carbocycles. The molecule has 2 N–H and O–H groups in total. The Bertz CT molecular complexity index is 192. The minimum Gasteiger partial charge on any atom is -0.395 e. The van der Waals surface area contributed by atoms with Crippen molar-refractivity contribution in [2.24, 2.45) is 5.92 Å². The quantitative estimate of drug-likeness (QED) is 0.589. The summed E-state index contributed by atoms with van der Waals surface area (Å²) in [7, 11) is 0. The fourth-order valence-corrected chi connectivity index (χ4v) is 1.74. The van der Waals surface area contributed by atoms with Crippen molar-refractivity contribution in [2.75, 3.05) is 46.1 Å². The van der Waals surface area contributed by atoms with Crippen molar-refractivity contribution in [3.05, 3.63) is 0 Å². The van der Waals surface area contributed by atoms with Gasteiger partial charge in [0.25, 0.3) is 0 Å². The van der Waals surface area contributed by atoms with E-state index in [2.05, 4.69) is 0 Å². The second kappa shape index (κ2) is 6.90. The Morgan fingerprint density at radius 2 is 2.00 bits per heavy atom. The fraction of sp³-hybridized carbons (Fsp3) is 0.900. The number of Topliss-reactive ketones (excluding diaryl/α,β-unsaturated/α-hetero) is 1. The van der Waals surface area contributed by atoms with Gasteiger partial charge in [0.2, 0.25) is 0 Å². The van der Waals surface area contributed by atoms with Crippen LogP contribution in [-0.4, -0.2) is 67.0 Å². The number of nitrogens with zero attached hydrogens (tertiary/aromatic N) is 1. The molecular formula is C10H19NO4. The molecular weight excluding hydrogens is 198 g/mol. The van der Waals surface area contributed by atoms with E-state index in [1.54, 1.807) is 0 Å². The highest BCUT2D eigenvalue weighted by Crippen LogP contribution is 2.11. The number of carbonyl (C=O) groups excluding carboxylic acids is 1. The van der Waals surface area contributed by atoms with Crippen LogP contribution in [0.2, 0.25) is 0 Å². The molecule has 0 spiro atoms. The Kier molecular flexibility index (Phi) is 5.78. The molecule has 1 unspecified atom stereocenters. The molecule has 15 heavy (non-hydrogen) atoms. The van der Waals surface area contributed by atoms with Crippen molar-refractivity contribution in [1.29, 1.82) is 0 Å². The van der Waals surface area contributed by atoms with E-state index >= 15 is 0 Å². The maximum absolute atomic E-state index is 11.5. The monoisotopic (exact) mass is 217 g/mol. The average molecular weight is 217 g/mol. The lowest BCUT2D eigenvalue weighted by Gasteiger charge is -2.27. The van der Waals surface area contributed by atoms with E-state index in [1.807, 2.05) is 4.90 Å². The third-order valence-corrected chi connectivity index (χ3v) is 2.58. The molecule has 0 aromatic rings. The number of rotatable bonds is 6. The van der Waals surface area contributed by atoms with Crippen LogP contribution in [0, 0.1) is 5.92 Å². The zero-order chi connectivity index (χ0) is 11.1. The molecule has 1 rings (SSSR count). The molecule has 5 nitrogen and oxygen atoms in total. The number of ketones is 1. The lowest BCUT2D eigenvalue weighted by atomic mass is 10.00. The number of aliphatic hydroxyl groups excluding tert-OH is 2. The Morgan fingerprint density at radius 3 is 2.53 bits per heavy atom. The van der Waals surface area contributed by atoms with Gasteiger partial charge in [-0.3, -0.25) is 9.69 Å². The fourth-order valence-electron chi connectivity index (χ4n) is 1.74. The van der Waals surface area contributed by atoms with Crippen LogP contribution in [0.1, 0.15) is 6.42 Å². The Balaban J connectivity index is 2.37. The van der Waals surface area contributed by atoms with E-state index in [-0.39, 0.29) is 24.9 Å². The van der Waals surface area contributed by atoms with Crippen LogP contribution in [0.4, 0.5) is 0 Å². The lowest BCUT2D eigenvalue weighted by molar-refractivity contribution is -0.131. The SMILES string of the molecule is O=C1CCOCC1CN(CCO)CCO. The largest absolute Gasteiger partial charge is 0.395 e. The molecule has 0 bridgehead atoms. The third kappa shape index (κ3) is 4.25. The molecule has 0 amide bonds. The van der Waals surface area contributed by atoms with E-state index in [1.165, 1.54) is 0 Å². The summed E-state index contributed by atoms with van der Waals surface area (Å²) in [6, 6.07) is 0. The van der Waals surface area contributed by atoms with Crippen LogP contribution in [0.3, 0.4) is 0 Å². The zero-order valence-corrected chi connectivity index (χ0v) is 8.89. The second-order valence-corrected chi connectivity index (χ2v) is 3.74. The van der Waals surface area contributed by atoms with E-state index in [4.69, 9.17) is 14.9 Å². The molecule has 1 aliphatic rings. The van der Waals surface area contributed by atoms with Gasteiger partial charge < -0.3 is 14.9 Å². The summed E-state index contributed by atoms with van der Waals surface area (Å²) in [6.45, 7) is 2.62. The molecule has 0 aromatic heterocycles. The molecule has 1 fully saturated rings. The van der Waals surface area contributed by atoms with Crippen LogP contribution in [0.5, 0.6) is 0 Å². The Hall–Kier alpha value is -0.490. The highest BCUT2D eigenvalue weighted by Gasteiger charge is 2.24. The molecule has 1 aliphatic heterocycles. The van der Waals surface area contributed by atoms with Gasteiger partial charge in [-0.1, -0.05) is 0 Å². The van der Waals surface area contributed by atoms with Crippen LogP contribution < -0.4 is 0 Å². The van der Waals surface area contributed by atoms with Gasteiger partial charge in [0, 0.05) is 26.1 Å². The van der Waals surface area contributed by atoms with E-state index in [0.717, 1.165) is 0 Å². The van der Waals surface area contributed by atoms with Crippen molar-refractivity contribution in [2.45, 2.75) is 6.42 Å². The molecule has 1 atom stereocenters. The summed E-state index contributed by atoms with van der Waals surface area (Å²) in [5.74, 6) is 0.124. The summed E-state index contributed by atoms with van der Waals surface area (Å²) in [5, 5.41) is 17.6. The Labute approximate surface area is 89.6 Å². The molecule has 5 heteroatoms. The topological polar surface area (TPSA) is 70.0 Å². The van der Waals surface area contributed by atoms with Crippen molar-refractivity contribution in [1.82, 2.24) is 4.90 Å². The standard InChI is InChI=1S/C10H19NO4/c12-4-2-11(3-5-13)7-9-8-15-6-1-10(9)14/h9,12-13H,1-8H2. The highest BCUT2D eigenvalue weighted by atomic mass is 16.5. The predicted molar refractivity (Wildman–Crippen MR) is 54.5 cm³/mol. The van der Waals surface area contributed by atoms with Crippen molar-refractivity contribution in [3.8, 4) is 0 Å². The van der Waals surface area contributed by atoms with Gasteiger partial charge in [0.15, 0.2) is 0 Å². The molecule has 0 radical (unpaired) electrons. The lowest BCUT2D eigenvalue weighted by Crippen LogP contribution is -2.40. The first-order valence-corrected chi connectivity index (χ1v) is 5.32. The van der Waals surface area contributed by atoms with Gasteiger partial charge in [-0.15, -0.1) is 0 Å². The number of hydrogen-bond acceptors (Lipinski definition) is 5. The maximum atomic E-state index is 11.5. The first kappa shape index (κ1) is 12.6. The molecule has 0 aliphatic carbocycles.